The fourth-order valence-electron chi connectivity index (χ4n) is 1.01. The second kappa shape index (κ2) is 5.53. The Morgan fingerprint density at radius 3 is 2.80 bits per heavy atom. The van der Waals surface area contributed by atoms with Crippen molar-refractivity contribution >= 4 is 34.8 Å². The van der Waals surface area contributed by atoms with Crippen molar-refractivity contribution in [1.82, 2.24) is 10.9 Å². The van der Waals surface area contributed by atoms with Crippen LogP contribution in [0.15, 0.2) is 24.3 Å². The molecule has 1 aromatic rings. The average molecular weight is 244 g/mol. The Balaban J connectivity index is 2.48. The second-order valence-corrected chi connectivity index (χ2v) is 3.72. The number of halogens is 1. The Bertz CT molecular complexity index is 383. The number of nitrogens with one attached hydrogen (secondary N) is 2. The zero-order valence-corrected chi connectivity index (χ0v) is 9.36. The standard InChI is InChI=1S/C9H10ClN3OS/c10-7-3-1-2-6(4-7)5-8(14)12-13-9(11)15/h1-4H,5H2,(H,12,14)(H3,11,13,15). The van der Waals surface area contributed by atoms with E-state index < -0.39 is 0 Å². The normalized spacial score (nSPS) is 9.40. The van der Waals surface area contributed by atoms with Crippen molar-refractivity contribution in [2.45, 2.75) is 6.42 Å². The van der Waals surface area contributed by atoms with Crippen molar-refractivity contribution in [3.8, 4) is 0 Å². The van der Waals surface area contributed by atoms with Gasteiger partial charge in [0.2, 0.25) is 5.91 Å². The Morgan fingerprint density at radius 1 is 1.47 bits per heavy atom. The van der Waals surface area contributed by atoms with Gasteiger partial charge in [-0.25, -0.2) is 0 Å². The van der Waals surface area contributed by atoms with Crippen LogP contribution in [0.2, 0.25) is 5.02 Å². The Morgan fingerprint density at radius 2 is 2.20 bits per heavy atom. The molecule has 0 saturated heterocycles. The molecule has 15 heavy (non-hydrogen) atoms. The van der Waals surface area contributed by atoms with Gasteiger partial charge in [-0.3, -0.25) is 15.6 Å². The van der Waals surface area contributed by atoms with Crippen LogP contribution < -0.4 is 16.6 Å². The monoisotopic (exact) mass is 243 g/mol. The van der Waals surface area contributed by atoms with E-state index in [0.29, 0.717) is 5.02 Å². The number of hydrogen-bond acceptors (Lipinski definition) is 2. The van der Waals surface area contributed by atoms with Crippen LogP contribution in [-0.4, -0.2) is 11.0 Å². The van der Waals surface area contributed by atoms with Gasteiger partial charge < -0.3 is 5.73 Å². The van der Waals surface area contributed by atoms with E-state index in [-0.39, 0.29) is 17.4 Å². The van der Waals surface area contributed by atoms with E-state index in [1.54, 1.807) is 18.2 Å². The Kier molecular flexibility index (Phi) is 4.33. The molecule has 0 aliphatic carbocycles. The summed E-state index contributed by atoms with van der Waals surface area (Å²) >= 11 is 10.3. The lowest BCUT2D eigenvalue weighted by Crippen LogP contribution is -2.44. The molecule has 0 bridgehead atoms. The minimum atomic E-state index is -0.231. The number of hydrogen-bond donors (Lipinski definition) is 3. The molecule has 0 unspecified atom stereocenters. The predicted octanol–water partition coefficient (Wildman–Crippen LogP) is 0.747. The maximum Gasteiger partial charge on any atom is 0.242 e. The van der Waals surface area contributed by atoms with Crippen molar-refractivity contribution in [2.75, 3.05) is 0 Å². The smallest absolute Gasteiger partial charge is 0.242 e. The molecule has 0 radical (unpaired) electrons. The number of rotatable bonds is 2. The lowest BCUT2D eigenvalue weighted by Gasteiger charge is -2.06. The molecule has 80 valence electrons. The number of amides is 1. The highest BCUT2D eigenvalue weighted by molar-refractivity contribution is 7.80. The SMILES string of the molecule is NC(=S)NNC(=O)Cc1cccc(Cl)c1. The summed E-state index contributed by atoms with van der Waals surface area (Å²) in [6, 6.07) is 7.07. The molecular formula is C9H10ClN3OS. The quantitative estimate of drug-likeness (QED) is 0.530. The van der Waals surface area contributed by atoms with Crippen LogP contribution in [0.1, 0.15) is 5.56 Å². The Hall–Kier alpha value is -1.33. The number of thiocarbonyl (C=S) groups is 1. The zero-order chi connectivity index (χ0) is 11.3. The van der Waals surface area contributed by atoms with Crippen LogP contribution in [-0.2, 0) is 11.2 Å². The first-order valence-electron chi connectivity index (χ1n) is 4.16. The van der Waals surface area contributed by atoms with Gasteiger partial charge in [-0.1, -0.05) is 23.7 Å². The Labute approximate surface area is 97.8 Å². The molecule has 0 atom stereocenters. The lowest BCUT2D eigenvalue weighted by molar-refractivity contribution is -0.121. The summed E-state index contributed by atoms with van der Waals surface area (Å²) < 4.78 is 0. The predicted molar refractivity (Wildman–Crippen MR) is 63.2 cm³/mol. The molecule has 0 aromatic heterocycles. The van der Waals surface area contributed by atoms with E-state index in [9.17, 15) is 4.79 Å². The minimum absolute atomic E-state index is 0.0226. The van der Waals surface area contributed by atoms with Gasteiger partial charge in [0.05, 0.1) is 6.42 Å². The van der Waals surface area contributed by atoms with Crippen molar-refractivity contribution in [1.29, 1.82) is 0 Å². The van der Waals surface area contributed by atoms with Gasteiger partial charge in [0.1, 0.15) is 0 Å². The van der Waals surface area contributed by atoms with Crippen LogP contribution in [0.3, 0.4) is 0 Å². The number of carbonyl (C=O) groups is 1. The summed E-state index contributed by atoms with van der Waals surface area (Å²) in [6.45, 7) is 0. The molecular weight excluding hydrogens is 234 g/mol. The first-order chi connectivity index (χ1) is 7.08. The van der Waals surface area contributed by atoms with Crippen molar-refractivity contribution in [3.05, 3.63) is 34.9 Å². The van der Waals surface area contributed by atoms with Gasteiger partial charge >= 0.3 is 0 Å². The highest BCUT2D eigenvalue weighted by atomic mass is 35.5. The van der Waals surface area contributed by atoms with Crippen LogP contribution >= 0.6 is 23.8 Å². The fourth-order valence-corrected chi connectivity index (χ4v) is 1.27. The van der Waals surface area contributed by atoms with Crippen molar-refractivity contribution < 1.29 is 4.79 Å². The summed E-state index contributed by atoms with van der Waals surface area (Å²) in [5, 5.41) is 0.622. The van der Waals surface area contributed by atoms with Gasteiger partial charge in [-0.15, -0.1) is 0 Å². The van der Waals surface area contributed by atoms with Crippen LogP contribution in [0, 0.1) is 0 Å². The largest absolute Gasteiger partial charge is 0.375 e. The van der Waals surface area contributed by atoms with Crippen LogP contribution in [0.25, 0.3) is 0 Å². The number of hydrazine groups is 1. The van der Waals surface area contributed by atoms with Crippen molar-refractivity contribution in [2.24, 2.45) is 5.73 Å². The number of benzene rings is 1. The first kappa shape index (κ1) is 11.7. The highest BCUT2D eigenvalue weighted by Gasteiger charge is 2.02. The molecule has 4 N–H and O–H groups in total. The van der Waals surface area contributed by atoms with E-state index in [1.165, 1.54) is 0 Å². The van der Waals surface area contributed by atoms with Gasteiger partial charge in [-0.05, 0) is 29.9 Å². The molecule has 0 fully saturated rings. The summed E-state index contributed by atoms with van der Waals surface area (Å²) in [7, 11) is 0. The zero-order valence-electron chi connectivity index (χ0n) is 7.79. The van der Waals surface area contributed by atoms with Crippen LogP contribution in [0.4, 0.5) is 0 Å². The van der Waals surface area contributed by atoms with E-state index in [2.05, 4.69) is 23.1 Å². The van der Waals surface area contributed by atoms with Gasteiger partial charge in [-0.2, -0.15) is 0 Å². The molecule has 0 heterocycles. The van der Waals surface area contributed by atoms with Crippen molar-refractivity contribution in [3.63, 3.8) is 0 Å². The third-order valence-electron chi connectivity index (χ3n) is 1.58. The average Bonchev–Trinajstić information content (AvgIpc) is 2.15. The fraction of sp³-hybridized carbons (Fsp3) is 0.111. The molecule has 1 amide bonds. The maximum absolute atomic E-state index is 11.3. The lowest BCUT2D eigenvalue weighted by atomic mass is 10.1. The van der Waals surface area contributed by atoms with E-state index in [1.807, 2.05) is 6.07 Å². The van der Waals surface area contributed by atoms with E-state index in [4.69, 9.17) is 17.3 Å². The molecule has 0 aliphatic rings. The molecule has 0 saturated carbocycles. The topological polar surface area (TPSA) is 67.2 Å². The summed E-state index contributed by atoms with van der Waals surface area (Å²) in [5.74, 6) is -0.231. The second-order valence-electron chi connectivity index (χ2n) is 2.84. The molecule has 0 aliphatic heterocycles. The molecule has 1 rings (SSSR count). The number of nitrogens with two attached hydrogens (primary N) is 1. The first-order valence-corrected chi connectivity index (χ1v) is 4.95. The molecule has 1 aromatic carbocycles. The van der Waals surface area contributed by atoms with Crippen LogP contribution in [0.5, 0.6) is 0 Å². The summed E-state index contributed by atoms with van der Waals surface area (Å²) in [5.41, 5.74) is 10.7. The highest BCUT2D eigenvalue weighted by Crippen LogP contribution is 2.10. The van der Waals surface area contributed by atoms with E-state index >= 15 is 0 Å². The third-order valence-corrected chi connectivity index (χ3v) is 1.92. The van der Waals surface area contributed by atoms with E-state index in [0.717, 1.165) is 5.56 Å². The summed E-state index contributed by atoms with van der Waals surface area (Å²) in [4.78, 5) is 11.3. The third kappa shape index (κ3) is 4.62. The molecule has 4 nitrogen and oxygen atoms in total. The maximum atomic E-state index is 11.3. The van der Waals surface area contributed by atoms with Gasteiger partial charge in [0, 0.05) is 5.02 Å². The molecule has 6 heteroatoms. The van der Waals surface area contributed by atoms with Gasteiger partial charge in [0.15, 0.2) is 5.11 Å². The molecule has 0 spiro atoms. The summed E-state index contributed by atoms with van der Waals surface area (Å²) in [6.07, 6.45) is 0.218. The van der Waals surface area contributed by atoms with Gasteiger partial charge in [0.25, 0.3) is 0 Å². The number of carbonyl (C=O) groups excluding carboxylic acids is 1. The minimum Gasteiger partial charge on any atom is -0.375 e.